The molecule has 0 aliphatic carbocycles. The lowest BCUT2D eigenvalue weighted by Gasteiger charge is -2.00. The summed E-state index contributed by atoms with van der Waals surface area (Å²) >= 11 is 0. The second kappa shape index (κ2) is 6.64. The summed E-state index contributed by atoms with van der Waals surface area (Å²) in [6, 6.07) is 3.71. The monoisotopic (exact) mass is 260 g/mol. The Labute approximate surface area is 107 Å². The van der Waals surface area contributed by atoms with Gasteiger partial charge in [0.1, 0.15) is 5.56 Å². The van der Waals surface area contributed by atoms with Crippen molar-refractivity contribution in [3.8, 4) is 11.8 Å². The van der Waals surface area contributed by atoms with Crippen LogP contribution in [0, 0.1) is 22.0 Å². The van der Waals surface area contributed by atoms with Crippen LogP contribution in [0.15, 0.2) is 23.3 Å². The Morgan fingerprint density at radius 3 is 2.89 bits per heavy atom. The van der Waals surface area contributed by atoms with Crippen LogP contribution in [0.3, 0.4) is 0 Å². The van der Waals surface area contributed by atoms with Gasteiger partial charge in [0.05, 0.1) is 10.5 Å². The number of nitrogens with zero attached hydrogens (tertiary/aromatic N) is 4. The summed E-state index contributed by atoms with van der Waals surface area (Å²) in [6.45, 7) is 0.118. The molecule has 1 N–H and O–H groups in total. The Morgan fingerprint density at radius 1 is 1.58 bits per heavy atom. The van der Waals surface area contributed by atoms with Crippen LogP contribution in [0.2, 0.25) is 0 Å². The van der Waals surface area contributed by atoms with Gasteiger partial charge in [-0.15, -0.1) is 0 Å². The van der Waals surface area contributed by atoms with E-state index in [-0.39, 0.29) is 29.8 Å². The Morgan fingerprint density at radius 2 is 2.32 bits per heavy atom. The summed E-state index contributed by atoms with van der Waals surface area (Å²) in [5.41, 5.74) is 7.31. The van der Waals surface area contributed by atoms with Gasteiger partial charge in [-0.25, -0.2) is 4.79 Å². The second-order valence-electron chi connectivity index (χ2n) is 3.27. The van der Waals surface area contributed by atoms with Crippen molar-refractivity contribution in [1.29, 1.82) is 0 Å². The molecule has 0 spiro atoms. The average Bonchev–Trinajstić information content (AvgIpc) is 2.38. The van der Waals surface area contributed by atoms with Crippen LogP contribution in [-0.4, -0.2) is 22.5 Å². The SMILES string of the molecule is [N-]=[N+]=NCCC#Cc1c(C(=O)O)cccc1[N+](=O)[O-]. The van der Waals surface area contributed by atoms with Crippen LogP contribution in [0.5, 0.6) is 0 Å². The van der Waals surface area contributed by atoms with E-state index in [0.717, 1.165) is 0 Å². The first kappa shape index (κ1) is 14.0. The molecule has 0 heterocycles. The minimum Gasteiger partial charge on any atom is -0.478 e. The maximum Gasteiger partial charge on any atom is 0.337 e. The number of rotatable bonds is 4. The third-order valence-corrected chi connectivity index (χ3v) is 2.08. The van der Waals surface area contributed by atoms with Gasteiger partial charge < -0.3 is 5.11 Å². The zero-order valence-corrected chi connectivity index (χ0v) is 9.61. The lowest BCUT2D eigenvalue weighted by Crippen LogP contribution is -2.03. The number of hydrogen-bond acceptors (Lipinski definition) is 4. The fourth-order valence-corrected chi connectivity index (χ4v) is 1.30. The maximum absolute atomic E-state index is 11.0. The van der Waals surface area contributed by atoms with Gasteiger partial charge in [-0.3, -0.25) is 10.1 Å². The molecule has 19 heavy (non-hydrogen) atoms. The Bertz CT molecular complexity index is 591. The van der Waals surface area contributed by atoms with Crippen LogP contribution in [-0.2, 0) is 0 Å². The number of azide groups is 1. The number of benzene rings is 1. The largest absolute Gasteiger partial charge is 0.478 e. The number of carboxylic acids is 1. The van der Waals surface area contributed by atoms with E-state index >= 15 is 0 Å². The molecule has 0 fully saturated rings. The van der Waals surface area contributed by atoms with Crippen molar-refractivity contribution in [2.24, 2.45) is 5.11 Å². The summed E-state index contributed by atoms with van der Waals surface area (Å²) in [7, 11) is 0. The van der Waals surface area contributed by atoms with Crippen LogP contribution in [0.1, 0.15) is 22.3 Å². The fourth-order valence-electron chi connectivity index (χ4n) is 1.30. The molecule has 0 atom stereocenters. The molecule has 1 rings (SSSR count). The lowest BCUT2D eigenvalue weighted by molar-refractivity contribution is -0.385. The van der Waals surface area contributed by atoms with Crippen LogP contribution in [0.25, 0.3) is 10.4 Å². The van der Waals surface area contributed by atoms with E-state index in [1.54, 1.807) is 0 Å². The smallest absolute Gasteiger partial charge is 0.337 e. The zero-order chi connectivity index (χ0) is 14.3. The third kappa shape index (κ3) is 3.73. The Hall–Kier alpha value is -3.04. The molecule has 0 saturated heterocycles. The van der Waals surface area contributed by atoms with E-state index in [9.17, 15) is 14.9 Å². The summed E-state index contributed by atoms with van der Waals surface area (Å²) in [4.78, 5) is 23.6. The normalized spacial score (nSPS) is 8.84. The molecule has 1 aromatic carbocycles. The number of nitro benzene ring substituents is 1. The van der Waals surface area contributed by atoms with Gasteiger partial charge in [0, 0.05) is 23.9 Å². The van der Waals surface area contributed by atoms with Crippen molar-refractivity contribution in [1.82, 2.24) is 0 Å². The van der Waals surface area contributed by atoms with Crippen LogP contribution < -0.4 is 0 Å². The highest BCUT2D eigenvalue weighted by molar-refractivity contribution is 5.92. The van der Waals surface area contributed by atoms with E-state index < -0.39 is 10.9 Å². The molecule has 0 bridgehead atoms. The third-order valence-electron chi connectivity index (χ3n) is 2.08. The highest BCUT2D eigenvalue weighted by atomic mass is 16.6. The van der Waals surface area contributed by atoms with Gasteiger partial charge in [0.25, 0.3) is 5.69 Å². The lowest BCUT2D eigenvalue weighted by atomic mass is 10.1. The first-order valence-corrected chi connectivity index (χ1v) is 5.08. The topological polar surface area (TPSA) is 129 Å². The van der Waals surface area contributed by atoms with Gasteiger partial charge in [-0.1, -0.05) is 23.0 Å². The molecule has 0 radical (unpaired) electrons. The van der Waals surface area contributed by atoms with Gasteiger partial charge in [0.15, 0.2) is 0 Å². The molecule has 1 aromatic rings. The van der Waals surface area contributed by atoms with Gasteiger partial charge in [-0.2, -0.15) is 0 Å². The maximum atomic E-state index is 11.0. The van der Waals surface area contributed by atoms with E-state index in [4.69, 9.17) is 10.6 Å². The van der Waals surface area contributed by atoms with Gasteiger partial charge in [-0.05, 0) is 11.6 Å². The van der Waals surface area contributed by atoms with Gasteiger partial charge in [0.2, 0.25) is 0 Å². The molecule has 0 unspecified atom stereocenters. The summed E-state index contributed by atoms with van der Waals surface area (Å²) in [5.74, 6) is 3.70. The molecule has 0 saturated carbocycles. The number of carbonyl (C=O) groups is 1. The number of aromatic carboxylic acids is 1. The van der Waals surface area contributed by atoms with E-state index in [1.807, 2.05) is 0 Å². The zero-order valence-electron chi connectivity index (χ0n) is 9.61. The Kier molecular flexibility index (Phi) is 4.90. The van der Waals surface area contributed by atoms with E-state index in [0.29, 0.717) is 0 Å². The van der Waals surface area contributed by atoms with E-state index in [2.05, 4.69) is 21.9 Å². The standard InChI is InChI=1S/C11H8N4O4/c12-14-13-7-2-1-4-8-9(11(16)17)5-3-6-10(8)15(18)19/h3,5-6H,2,7H2,(H,16,17). The molecule has 8 nitrogen and oxygen atoms in total. The molecule has 0 aliphatic heterocycles. The number of carboxylic acid groups (broad SMARTS) is 1. The first-order chi connectivity index (χ1) is 9.07. The summed E-state index contributed by atoms with van der Waals surface area (Å²) in [6.07, 6.45) is 0.190. The van der Waals surface area contributed by atoms with Crippen LogP contribution >= 0.6 is 0 Å². The van der Waals surface area contributed by atoms with Gasteiger partial charge >= 0.3 is 5.97 Å². The van der Waals surface area contributed by atoms with Crippen LogP contribution in [0.4, 0.5) is 5.69 Å². The fraction of sp³-hybridized carbons (Fsp3) is 0.182. The quantitative estimate of drug-likeness (QED) is 0.169. The second-order valence-corrected chi connectivity index (χ2v) is 3.27. The molecule has 0 aliphatic rings. The molecule has 8 heteroatoms. The molecule has 96 valence electrons. The van der Waals surface area contributed by atoms with Crippen molar-refractivity contribution in [3.05, 3.63) is 49.9 Å². The van der Waals surface area contributed by atoms with Crippen molar-refractivity contribution in [2.75, 3.05) is 6.54 Å². The Balaban J connectivity index is 3.18. The van der Waals surface area contributed by atoms with Crippen molar-refractivity contribution in [3.63, 3.8) is 0 Å². The molecule has 0 amide bonds. The highest BCUT2D eigenvalue weighted by Gasteiger charge is 2.19. The summed E-state index contributed by atoms with van der Waals surface area (Å²) < 4.78 is 0. The minimum absolute atomic E-state index is 0.118. The predicted molar refractivity (Wildman–Crippen MR) is 65.6 cm³/mol. The highest BCUT2D eigenvalue weighted by Crippen LogP contribution is 2.21. The first-order valence-electron chi connectivity index (χ1n) is 5.08. The molecule has 0 aromatic heterocycles. The molecular formula is C11H8N4O4. The predicted octanol–water partition coefficient (Wildman–Crippen LogP) is 2.34. The number of hydrogen-bond donors (Lipinski definition) is 1. The van der Waals surface area contributed by atoms with Crippen molar-refractivity contribution in [2.45, 2.75) is 6.42 Å². The minimum atomic E-state index is -1.29. The van der Waals surface area contributed by atoms with E-state index in [1.165, 1.54) is 18.2 Å². The summed E-state index contributed by atoms with van der Waals surface area (Å²) in [5, 5.41) is 23.0. The van der Waals surface area contributed by atoms with Crippen molar-refractivity contribution >= 4 is 11.7 Å². The molecular weight excluding hydrogens is 252 g/mol. The number of nitro groups is 1. The average molecular weight is 260 g/mol. The van der Waals surface area contributed by atoms with Crippen molar-refractivity contribution < 1.29 is 14.8 Å².